The molecule has 0 saturated heterocycles. The maximum absolute atomic E-state index is 10.9. The summed E-state index contributed by atoms with van der Waals surface area (Å²) < 4.78 is 0. The highest BCUT2D eigenvalue weighted by molar-refractivity contribution is 5.63. The molecule has 0 radical (unpaired) electrons. The monoisotopic (exact) mass is 224 g/mol. The van der Waals surface area contributed by atoms with Crippen LogP contribution in [0.25, 0.3) is 0 Å². The Kier molecular flexibility index (Phi) is 3.87. The molecule has 1 aromatic carbocycles. The highest BCUT2D eigenvalue weighted by atomic mass is 16.7. The molecule has 16 heavy (non-hydrogen) atoms. The number of nitrogens with two attached hydrogens (primary N) is 1. The van der Waals surface area contributed by atoms with Crippen molar-refractivity contribution < 1.29 is 14.7 Å². The van der Waals surface area contributed by atoms with Crippen LogP contribution in [0.4, 0.5) is 4.79 Å². The van der Waals surface area contributed by atoms with Crippen molar-refractivity contribution in [2.24, 2.45) is 5.73 Å². The molecule has 0 atom stereocenters. The van der Waals surface area contributed by atoms with Crippen LogP contribution in [0.15, 0.2) is 30.3 Å². The minimum absolute atomic E-state index is 0.150. The zero-order chi connectivity index (χ0) is 12.2. The van der Waals surface area contributed by atoms with Gasteiger partial charge in [0.1, 0.15) is 5.72 Å². The van der Waals surface area contributed by atoms with Gasteiger partial charge in [-0.25, -0.2) is 9.63 Å². The van der Waals surface area contributed by atoms with Gasteiger partial charge < -0.3 is 10.8 Å². The number of benzene rings is 1. The largest absolute Gasteiger partial charge is 0.463 e. The van der Waals surface area contributed by atoms with Crippen LogP contribution in [0, 0.1) is 0 Å². The maximum atomic E-state index is 10.9. The van der Waals surface area contributed by atoms with Crippen molar-refractivity contribution in [2.45, 2.75) is 26.1 Å². The lowest BCUT2D eigenvalue weighted by molar-refractivity contribution is -0.212. The Morgan fingerprint density at radius 2 is 2.00 bits per heavy atom. The predicted octanol–water partition coefficient (Wildman–Crippen LogP) is 1.79. The van der Waals surface area contributed by atoms with Crippen LogP contribution in [-0.2, 0) is 11.4 Å². The van der Waals surface area contributed by atoms with E-state index in [9.17, 15) is 4.79 Å². The molecule has 0 heterocycles. The third-order valence-corrected chi connectivity index (χ3v) is 1.73. The van der Waals surface area contributed by atoms with E-state index < -0.39 is 11.8 Å². The molecule has 1 rings (SSSR count). The van der Waals surface area contributed by atoms with Crippen LogP contribution in [0.1, 0.15) is 19.4 Å². The summed E-state index contributed by atoms with van der Waals surface area (Å²) in [6.07, 6.45) is -1.16. The lowest BCUT2D eigenvalue weighted by atomic mass is 10.2. The fourth-order valence-corrected chi connectivity index (χ4v) is 1.17. The van der Waals surface area contributed by atoms with Crippen molar-refractivity contribution >= 4 is 6.09 Å². The van der Waals surface area contributed by atoms with E-state index in [0.29, 0.717) is 0 Å². The van der Waals surface area contributed by atoms with Gasteiger partial charge in [-0.15, -0.1) is 0 Å². The summed E-state index contributed by atoms with van der Waals surface area (Å²) in [5.41, 5.74) is 5.42. The van der Waals surface area contributed by atoms with Crippen molar-refractivity contribution in [2.75, 3.05) is 0 Å². The van der Waals surface area contributed by atoms with Gasteiger partial charge in [0.15, 0.2) is 0 Å². The maximum Gasteiger partial charge on any atom is 0.431 e. The highest BCUT2D eigenvalue weighted by Crippen LogP contribution is 2.10. The zero-order valence-electron chi connectivity index (χ0n) is 9.38. The summed E-state index contributed by atoms with van der Waals surface area (Å²) in [6, 6.07) is 9.18. The van der Waals surface area contributed by atoms with Gasteiger partial charge in [-0.1, -0.05) is 30.3 Å². The standard InChI is InChI=1S/C11H16N2O3/c1-11(2,12)16-13(10(14)15)8-9-6-4-3-5-7-9/h3-7H,8,12H2,1-2H3,(H,14,15). The molecule has 0 bridgehead atoms. The molecular formula is C11H16N2O3. The molecule has 0 spiro atoms. The molecule has 0 aromatic heterocycles. The second-order valence-corrected chi connectivity index (χ2v) is 4.00. The van der Waals surface area contributed by atoms with E-state index in [2.05, 4.69) is 0 Å². The number of carboxylic acid groups (broad SMARTS) is 1. The second-order valence-electron chi connectivity index (χ2n) is 4.00. The number of amides is 1. The number of hydrogen-bond acceptors (Lipinski definition) is 3. The van der Waals surface area contributed by atoms with E-state index in [-0.39, 0.29) is 6.54 Å². The topological polar surface area (TPSA) is 75.8 Å². The van der Waals surface area contributed by atoms with Crippen LogP contribution in [0.3, 0.4) is 0 Å². The highest BCUT2D eigenvalue weighted by Gasteiger charge is 2.21. The minimum Gasteiger partial charge on any atom is -0.463 e. The molecule has 5 nitrogen and oxygen atoms in total. The molecule has 0 aliphatic rings. The molecule has 88 valence electrons. The van der Waals surface area contributed by atoms with Crippen LogP contribution >= 0.6 is 0 Å². The van der Waals surface area contributed by atoms with Crippen LogP contribution in [0.5, 0.6) is 0 Å². The van der Waals surface area contributed by atoms with Crippen molar-refractivity contribution in [1.29, 1.82) is 0 Å². The summed E-state index contributed by atoms with van der Waals surface area (Å²) in [7, 11) is 0. The first kappa shape index (κ1) is 12.5. The first-order valence-electron chi connectivity index (χ1n) is 4.91. The smallest absolute Gasteiger partial charge is 0.431 e. The number of carbonyl (C=O) groups is 1. The minimum atomic E-state index is -1.16. The Morgan fingerprint density at radius 1 is 1.44 bits per heavy atom. The van der Waals surface area contributed by atoms with Gasteiger partial charge in [-0.3, -0.25) is 0 Å². The normalized spacial score (nSPS) is 11.2. The van der Waals surface area contributed by atoms with Crippen molar-refractivity contribution in [3.05, 3.63) is 35.9 Å². The summed E-state index contributed by atoms with van der Waals surface area (Å²) in [5.74, 6) is 0. The fraction of sp³-hybridized carbons (Fsp3) is 0.364. The van der Waals surface area contributed by atoms with Gasteiger partial charge in [0, 0.05) is 0 Å². The molecule has 0 aliphatic heterocycles. The first-order valence-corrected chi connectivity index (χ1v) is 4.91. The van der Waals surface area contributed by atoms with Gasteiger partial charge >= 0.3 is 6.09 Å². The molecule has 1 aromatic rings. The summed E-state index contributed by atoms with van der Waals surface area (Å²) in [6.45, 7) is 3.33. The predicted molar refractivity (Wildman–Crippen MR) is 59.4 cm³/mol. The van der Waals surface area contributed by atoms with Crippen LogP contribution < -0.4 is 5.73 Å². The Hall–Kier alpha value is -1.59. The number of rotatable bonds is 4. The number of hydroxylamine groups is 2. The quantitative estimate of drug-likeness (QED) is 0.604. The van der Waals surface area contributed by atoms with E-state index >= 15 is 0 Å². The van der Waals surface area contributed by atoms with Crippen molar-refractivity contribution in [3.8, 4) is 0 Å². The van der Waals surface area contributed by atoms with Crippen molar-refractivity contribution in [3.63, 3.8) is 0 Å². The van der Waals surface area contributed by atoms with Crippen LogP contribution in [-0.4, -0.2) is 22.0 Å². The number of hydrogen-bond donors (Lipinski definition) is 2. The fourth-order valence-electron chi connectivity index (χ4n) is 1.17. The molecule has 0 saturated carbocycles. The van der Waals surface area contributed by atoms with Crippen LogP contribution in [0.2, 0.25) is 0 Å². The molecular weight excluding hydrogens is 208 g/mol. The second kappa shape index (κ2) is 4.96. The van der Waals surface area contributed by atoms with Gasteiger partial charge in [0.2, 0.25) is 0 Å². The molecule has 1 amide bonds. The van der Waals surface area contributed by atoms with Crippen molar-refractivity contribution in [1.82, 2.24) is 5.06 Å². The summed E-state index contributed by atoms with van der Waals surface area (Å²) in [4.78, 5) is 16.0. The molecule has 0 fully saturated rings. The average Bonchev–Trinajstić information content (AvgIpc) is 2.16. The Bertz CT molecular complexity index is 346. The third kappa shape index (κ3) is 4.29. The van der Waals surface area contributed by atoms with E-state index in [1.54, 1.807) is 13.8 Å². The Labute approximate surface area is 94.4 Å². The van der Waals surface area contributed by atoms with Gasteiger partial charge in [-0.05, 0) is 19.4 Å². The van der Waals surface area contributed by atoms with E-state index in [1.165, 1.54) is 0 Å². The summed E-state index contributed by atoms with van der Waals surface area (Å²) in [5, 5.41) is 9.77. The SMILES string of the molecule is CC(C)(N)ON(Cc1ccccc1)C(=O)O. The van der Waals surface area contributed by atoms with Gasteiger partial charge in [0.25, 0.3) is 0 Å². The van der Waals surface area contributed by atoms with E-state index in [0.717, 1.165) is 10.6 Å². The zero-order valence-corrected chi connectivity index (χ0v) is 9.38. The molecule has 3 N–H and O–H groups in total. The lowest BCUT2D eigenvalue weighted by Crippen LogP contribution is -2.44. The average molecular weight is 224 g/mol. The van der Waals surface area contributed by atoms with Gasteiger partial charge in [0.05, 0.1) is 6.54 Å². The van der Waals surface area contributed by atoms with E-state index in [1.807, 2.05) is 30.3 Å². The molecule has 0 unspecified atom stereocenters. The van der Waals surface area contributed by atoms with E-state index in [4.69, 9.17) is 15.7 Å². The molecule has 0 aliphatic carbocycles. The molecule has 5 heteroatoms. The van der Waals surface area contributed by atoms with Gasteiger partial charge in [-0.2, -0.15) is 5.06 Å². The lowest BCUT2D eigenvalue weighted by Gasteiger charge is -2.27. The number of nitrogens with zero attached hydrogens (tertiary/aromatic N) is 1. The summed E-state index contributed by atoms with van der Waals surface area (Å²) >= 11 is 0. The first-order chi connectivity index (χ1) is 7.38. The Balaban J connectivity index is 2.70. The Morgan fingerprint density at radius 3 is 2.44 bits per heavy atom. The third-order valence-electron chi connectivity index (χ3n) is 1.73.